The quantitative estimate of drug-likeness (QED) is 0.172. The predicted molar refractivity (Wildman–Crippen MR) is 147 cm³/mol. The highest BCUT2D eigenvalue weighted by Crippen LogP contribution is 2.32. The molecule has 0 heterocycles. The number of aliphatic hydroxyl groups is 1. The Kier molecular flexibility index (Phi) is 9.37. The van der Waals surface area contributed by atoms with Gasteiger partial charge >= 0.3 is 5.97 Å². The van der Waals surface area contributed by atoms with E-state index in [4.69, 9.17) is 9.84 Å². The fraction of sp³-hybridized carbons (Fsp3) is 0.321. The van der Waals surface area contributed by atoms with Crippen molar-refractivity contribution in [1.29, 1.82) is 0 Å². The Bertz CT molecular complexity index is 1370. The molecule has 0 saturated carbocycles. The zero-order chi connectivity index (χ0) is 28.0. The highest BCUT2D eigenvalue weighted by atomic mass is 32.2. The van der Waals surface area contributed by atoms with Crippen LogP contribution in [-0.2, 0) is 21.2 Å². The van der Waals surface area contributed by atoms with Gasteiger partial charge in [0.25, 0.3) is 0 Å². The van der Waals surface area contributed by atoms with E-state index in [1.165, 1.54) is 18.2 Å². The van der Waals surface area contributed by atoms with Crippen LogP contribution in [-0.4, -0.2) is 55.2 Å². The van der Waals surface area contributed by atoms with Crippen molar-refractivity contribution < 1.29 is 33.3 Å². The maximum atomic E-state index is 11.5. The number of carboxylic acid groups (broad SMARTS) is 1. The molecular weight excluding hydrogens is 508 g/mol. The van der Waals surface area contributed by atoms with E-state index in [1.54, 1.807) is 6.92 Å². The highest BCUT2D eigenvalue weighted by Gasteiger charge is 2.18. The average molecular weight is 543 g/mol. The molecule has 3 rings (SSSR count). The van der Waals surface area contributed by atoms with Crippen molar-refractivity contribution in [3.8, 4) is 22.6 Å². The van der Waals surface area contributed by atoms with Crippen LogP contribution in [0.4, 0.5) is 5.69 Å². The summed E-state index contributed by atoms with van der Waals surface area (Å²) in [7, 11) is -3.58. The molecule has 0 spiro atoms. The molecule has 3 aromatic carbocycles. The summed E-state index contributed by atoms with van der Waals surface area (Å²) in [5.41, 5.74) is 5.36. The van der Waals surface area contributed by atoms with Crippen LogP contribution in [0.1, 0.15) is 35.3 Å². The van der Waals surface area contributed by atoms with E-state index in [2.05, 4.69) is 10.0 Å². The van der Waals surface area contributed by atoms with E-state index < -0.39 is 22.1 Å². The Morgan fingerprint density at radius 3 is 2.24 bits per heavy atom. The van der Waals surface area contributed by atoms with Crippen molar-refractivity contribution in [2.45, 2.75) is 39.3 Å². The number of hydrogen-bond acceptors (Lipinski definition) is 7. The summed E-state index contributed by atoms with van der Waals surface area (Å²) in [6, 6.07) is 15.3. The van der Waals surface area contributed by atoms with Gasteiger partial charge < -0.3 is 25.4 Å². The minimum atomic E-state index is -3.58. The number of nitrogens with one attached hydrogen (secondary N) is 2. The Morgan fingerprint density at radius 2 is 1.66 bits per heavy atom. The summed E-state index contributed by atoms with van der Waals surface area (Å²) in [6.45, 7) is 6.61. The van der Waals surface area contributed by atoms with Gasteiger partial charge in [-0.3, -0.25) is 9.52 Å². The molecule has 204 valence electrons. The molecule has 9 nitrogen and oxygen atoms in total. The van der Waals surface area contributed by atoms with Crippen LogP contribution >= 0.6 is 0 Å². The van der Waals surface area contributed by atoms with E-state index in [1.807, 2.05) is 50.2 Å². The number of aryl methyl sites for hydroxylation is 2. The number of aliphatic carboxylic acids is 1. The predicted octanol–water partition coefficient (Wildman–Crippen LogP) is 3.77. The van der Waals surface area contributed by atoms with E-state index in [9.17, 15) is 23.4 Å². The number of phenols is 1. The summed E-state index contributed by atoms with van der Waals surface area (Å²) >= 11 is 0. The number of benzene rings is 3. The summed E-state index contributed by atoms with van der Waals surface area (Å²) in [5, 5.41) is 32.8. The van der Waals surface area contributed by atoms with Crippen molar-refractivity contribution in [1.82, 2.24) is 5.32 Å². The van der Waals surface area contributed by atoms with Gasteiger partial charge in [-0.05, 0) is 78.4 Å². The topological polar surface area (TPSA) is 145 Å². The number of sulfonamides is 1. The number of hydrogen-bond donors (Lipinski definition) is 5. The molecule has 0 aromatic heterocycles. The largest absolute Gasteiger partial charge is 0.506 e. The van der Waals surface area contributed by atoms with Gasteiger partial charge in [-0.15, -0.1) is 0 Å². The van der Waals surface area contributed by atoms with Gasteiger partial charge in [0.15, 0.2) is 0 Å². The molecule has 0 aliphatic carbocycles. The molecule has 0 fully saturated rings. The van der Waals surface area contributed by atoms with Gasteiger partial charge in [-0.25, -0.2) is 8.42 Å². The minimum Gasteiger partial charge on any atom is -0.506 e. The maximum absolute atomic E-state index is 11.5. The van der Waals surface area contributed by atoms with Crippen molar-refractivity contribution in [2.24, 2.45) is 0 Å². The Labute approximate surface area is 223 Å². The van der Waals surface area contributed by atoms with Crippen LogP contribution in [0.3, 0.4) is 0 Å². The van der Waals surface area contributed by atoms with Crippen molar-refractivity contribution in [3.05, 3.63) is 76.9 Å². The first kappa shape index (κ1) is 29.0. The molecule has 38 heavy (non-hydrogen) atoms. The number of phenolic OH excluding ortho intramolecular Hbond substituents is 1. The number of rotatable bonds is 12. The lowest BCUT2D eigenvalue weighted by Gasteiger charge is -2.22. The fourth-order valence-corrected chi connectivity index (χ4v) is 4.86. The van der Waals surface area contributed by atoms with Crippen molar-refractivity contribution in [2.75, 3.05) is 24.1 Å². The third-order valence-corrected chi connectivity index (χ3v) is 6.66. The smallest absolute Gasteiger partial charge is 0.307 e. The summed E-state index contributed by atoms with van der Waals surface area (Å²) in [4.78, 5) is 10.9. The molecule has 0 aliphatic heterocycles. The number of aliphatic hydroxyl groups excluding tert-OH is 1. The number of carboxylic acids is 1. The first-order valence-corrected chi connectivity index (χ1v) is 14.0. The monoisotopic (exact) mass is 542 g/mol. The zero-order valence-corrected chi connectivity index (χ0v) is 22.7. The average Bonchev–Trinajstić information content (AvgIpc) is 2.82. The van der Waals surface area contributed by atoms with Crippen LogP contribution in [0, 0.1) is 13.8 Å². The third kappa shape index (κ3) is 7.95. The Morgan fingerprint density at radius 1 is 1.03 bits per heavy atom. The summed E-state index contributed by atoms with van der Waals surface area (Å²) in [6.07, 6.45) is 0.0315. The molecule has 2 atom stereocenters. The fourth-order valence-electron chi connectivity index (χ4n) is 4.30. The molecule has 0 unspecified atom stereocenters. The normalized spacial score (nSPS) is 13.1. The lowest BCUT2D eigenvalue weighted by Crippen LogP contribution is -2.35. The molecule has 0 bridgehead atoms. The van der Waals surface area contributed by atoms with Gasteiger partial charge in [0.05, 0.1) is 24.5 Å². The van der Waals surface area contributed by atoms with Gasteiger partial charge in [0.2, 0.25) is 10.0 Å². The van der Waals surface area contributed by atoms with Crippen LogP contribution in [0.2, 0.25) is 0 Å². The second-order valence-electron chi connectivity index (χ2n) is 9.39. The number of anilines is 1. The van der Waals surface area contributed by atoms with Crippen molar-refractivity contribution in [3.63, 3.8) is 0 Å². The van der Waals surface area contributed by atoms with Gasteiger partial charge in [-0.1, -0.05) is 30.3 Å². The maximum Gasteiger partial charge on any atom is 0.307 e. The molecule has 0 saturated heterocycles. The minimum absolute atomic E-state index is 0.00461. The molecular formula is C28H34N2O7S. The van der Waals surface area contributed by atoms with E-state index in [0.29, 0.717) is 18.7 Å². The van der Waals surface area contributed by atoms with Crippen LogP contribution in [0.15, 0.2) is 54.6 Å². The highest BCUT2D eigenvalue weighted by molar-refractivity contribution is 7.92. The number of ether oxygens (including phenoxy) is 1. The molecule has 0 amide bonds. The van der Waals surface area contributed by atoms with Gasteiger partial charge in [0, 0.05) is 12.6 Å². The summed E-state index contributed by atoms with van der Waals surface area (Å²) < 4.78 is 31.2. The standard InChI is InChI=1S/C28H34N2O7S/c1-17-13-23(14-18(2)27(17)21-7-5-20(6-8-21)15-26(32)33)37-12-11-29-19(3)28(34)22-9-10-25(31)24(16-22)30-38(4,35)36/h5-10,13-14,16,19,28-31,34H,11-12,15H2,1-4H3,(H,32,33)/t19-,28+/m0/s1. The van der Waals surface area contributed by atoms with Crippen molar-refractivity contribution >= 4 is 21.7 Å². The number of aromatic hydroxyl groups is 1. The lowest BCUT2D eigenvalue weighted by atomic mass is 9.94. The Balaban J connectivity index is 1.57. The summed E-state index contributed by atoms with van der Waals surface area (Å²) in [5.74, 6) is -0.370. The number of carbonyl (C=O) groups is 1. The van der Waals surface area contributed by atoms with E-state index in [0.717, 1.165) is 39.8 Å². The zero-order valence-electron chi connectivity index (χ0n) is 21.9. The lowest BCUT2D eigenvalue weighted by molar-refractivity contribution is -0.136. The van der Waals surface area contributed by atoms with Crippen LogP contribution in [0.5, 0.6) is 11.5 Å². The van der Waals surface area contributed by atoms with Gasteiger partial charge in [0.1, 0.15) is 18.1 Å². The van der Waals surface area contributed by atoms with Crippen LogP contribution < -0.4 is 14.8 Å². The molecule has 10 heteroatoms. The van der Waals surface area contributed by atoms with Crippen LogP contribution in [0.25, 0.3) is 11.1 Å². The third-order valence-electron chi connectivity index (χ3n) is 6.07. The first-order valence-electron chi connectivity index (χ1n) is 12.1. The molecule has 0 radical (unpaired) electrons. The molecule has 0 aliphatic rings. The van der Waals surface area contributed by atoms with E-state index >= 15 is 0 Å². The van der Waals surface area contributed by atoms with E-state index in [-0.39, 0.29) is 23.9 Å². The Hall–Kier alpha value is -3.60. The van der Waals surface area contributed by atoms with Gasteiger partial charge in [-0.2, -0.15) is 0 Å². The second-order valence-corrected chi connectivity index (χ2v) is 11.1. The molecule has 5 N–H and O–H groups in total. The molecule has 3 aromatic rings. The SMILES string of the molecule is Cc1cc(OCCN[C@@H](C)[C@@H](O)c2ccc(O)c(NS(C)(=O)=O)c2)cc(C)c1-c1ccc(CC(=O)O)cc1. The first-order chi connectivity index (χ1) is 17.8. The second kappa shape index (κ2) is 12.3.